The molecule has 0 saturated heterocycles. The zero-order chi connectivity index (χ0) is 18.8. The second-order valence-corrected chi connectivity index (χ2v) is 6.89. The van der Waals surface area contributed by atoms with Crippen LogP contribution < -0.4 is 14.4 Å². The van der Waals surface area contributed by atoms with Crippen molar-refractivity contribution in [3.63, 3.8) is 0 Å². The van der Waals surface area contributed by atoms with Gasteiger partial charge in [-0.05, 0) is 42.5 Å². The van der Waals surface area contributed by atoms with Gasteiger partial charge in [-0.15, -0.1) is 0 Å². The molecule has 0 radical (unpaired) electrons. The van der Waals surface area contributed by atoms with E-state index in [4.69, 9.17) is 9.47 Å². The molecule has 2 heterocycles. The fraction of sp³-hybridized carbons (Fsp3) is 0.364. The number of fused-ring (bicyclic) bond motifs is 2. The summed E-state index contributed by atoms with van der Waals surface area (Å²) in [5.41, 5.74) is 4.88. The van der Waals surface area contributed by atoms with Gasteiger partial charge in [0, 0.05) is 23.7 Å². The zero-order valence-electron chi connectivity index (χ0n) is 16.2. The van der Waals surface area contributed by atoms with E-state index in [0.29, 0.717) is 11.5 Å². The van der Waals surface area contributed by atoms with Gasteiger partial charge >= 0.3 is 0 Å². The summed E-state index contributed by atoms with van der Waals surface area (Å²) in [6, 6.07) is 10.8. The van der Waals surface area contributed by atoms with E-state index >= 15 is 0 Å². The van der Waals surface area contributed by atoms with Crippen molar-refractivity contribution in [3.05, 3.63) is 47.8 Å². The summed E-state index contributed by atoms with van der Waals surface area (Å²) in [5, 5.41) is 0.974. The Morgan fingerprint density at radius 1 is 1.04 bits per heavy atom. The summed E-state index contributed by atoms with van der Waals surface area (Å²) in [4.78, 5) is 11.4. The van der Waals surface area contributed by atoms with Gasteiger partial charge in [0.05, 0.1) is 19.7 Å². The van der Waals surface area contributed by atoms with Gasteiger partial charge in [-0.25, -0.2) is 9.97 Å². The topological polar surface area (TPSA) is 47.5 Å². The van der Waals surface area contributed by atoms with E-state index in [0.717, 1.165) is 36.1 Å². The predicted octanol–water partition coefficient (Wildman–Crippen LogP) is 4.68. The third-order valence-corrected chi connectivity index (χ3v) is 5.24. The summed E-state index contributed by atoms with van der Waals surface area (Å²) < 4.78 is 10.9. The minimum Gasteiger partial charge on any atom is -0.493 e. The lowest BCUT2D eigenvalue weighted by atomic mass is 10.0. The van der Waals surface area contributed by atoms with E-state index < -0.39 is 0 Å². The van der Waals surface area contributed by atoms with Crippen molar-refractivity contribution < 1.29 is 9.47 Å². The molecule has 140 valence electrons. The number of aromatic nitrogens is 2. The van der Waals surface area contributed by atoms with E-state index in [1.54, 1.807) is 20.5 Å². The van der Waals surface area contributed by atoms with Crippen LogP contribution in [0.5, 0.6) is 11.5 Å². The Balaban J connectivity index is 1.80. The van der Waals surface area contributed by atoms with Crippen LogP contribution in [0.15, 0.2) is 36.7 Å². The molecule has 0 N–H and O–H groups in total. The second kappa shape index (κ2) is 7.43. The van der Waals surface area contributed by atoms with Gasteiger partial charge in [0.15, 0.2) is 11.5 Å². The number of ether oxygens (including phenoxy) is 2. The van der Waals surface area contributed by atoms with Crippen molar-refractivity contribution in [3.8, 4) is 11.5 Å². The van der Waals surface area contributed by atoms with Crippen LogP contribution in [-0.4, -0.2) is 30.7 Å². The molecule has 0 amide bonds. The van der Waals surface area contributed by atoms with Crippen LogP contribution in [0.25, 0.3) is 10.9 Å². The van der Waals surface area contributed by atoms with Crippen molar-refractivity contribution >= 4 is 22.4 Å². The summed E-state index contributed by atoms with van der Waals surface area (Å²) in [6.07, 6.45) is 6.20. The Morgan fingerprint density at radius 3 is 2.63 bits per heavy atom. The Bertz CT molecular complexity index is 971. The SMILES string of the molecule is CCCCc1ccc2c(c1)N(c1ncnc3cc(OC)c(OC)cc13)CC2. The standard InChI is InChI=1S/C22H25N3O2/c1-4-5-6-15-7-8-16-9-10-25(19(16)11-15)22-17-12-20(26-2)21(27-3)13-18(17)23-14-24-22/h7-8,11-14H,4-6,9-10H2,1-3H3. The Morgan fingerprint density at radius 2 is 1.85 bits per heavy atom. The van der Waals surface area contributed by atoms with E-state index in [-0.39, 0.29) is 0 Å². The lowest BCUT2D eigenvalue weighted by molar-refractivity contribution is 0.356. The first-order valence-electron chi connectivity index (χ1n) is 9.51. The average Bonchev–Trinajstić information content (AvgIpc) is 3.13. The number of benzene rings is 2. The number of anilines is 2. The summed E-state index contributed by atoms with van der Waals surface area (Å²) in [5.74, 6) is 2.29. The highest BCUT2D eigenvalue weighted by molar-refractivity contribution is 5.94. The van der Waals surface area contributed by atoms with Gasteiger partial charge in [-0.1, -0.05) is 25.5 Å². The number of aryl methyl sites for hydroxylation is 1. The normalized spacial score (nSPS) is 13.1. The van der Waals surface area contributed by atoms with Gasteiger partial charge in [0.2, 0.25) is 0 Å². The molecule has 0 aliphatic carbocycles. The minimum atomic E-state index is 0.679. The molecule has 2 aromatic carbocycles. The number of rotatable bonds is 6. The highest BCUT2D eigenvalue weighted by Gasteiger charge is 2.24. The van der Waals surface area contributed by atoms with Crippen LogP contribution in [0.2, 0.25) is 0 Å². The van der Waals surface area contributed by atoms with Crippen LogP contribution in [0.1, 0.15) is 30.9 Å². The maximum absolute atomic E-state index is 5.50. The van der Waals surface area contributed by atoms with E-state index in [9.17, 15) is 0 Å². The Labute approximate surface area is 160 Å². The molecule has 0 atom stereocenters. The predicted molar refractivity (Wildman–Crippen MR) is 108 cm³/mol. The molecule has 1 aliphatic rings. The van der Waals surface area contributed by atoms with Gasteiger partial charge < -0.3 is 14.4 Å². The largest absolute Gasteiger partial charge is 0.493 e. The van der Waals surface area contributed by atoms with Crippen molar-refractivity contribution in [2.24, 2.45) is 0 Å². The van der Waals surface area contributed by atoms with E-state index in [2.05, 4.69) is 40.0 Å². The molecule has 1 aliphatic heterocycles. The molecule has 0 spiro atoms. The molecule has 5 nitrogen and oxygen atoms in total. The van der Waals surface area contributed by atoms with E-state index in [1.807, 2.05) is 12.1 Å². The van der Waals surface area contributed by atoms with Gasteiger partial charge in [0.25, 0.3) is 0 Å². The number of unbranched alkanes of at least 4 members (excludes halogenated alkanes) is 1. The first kappa shape index (κ1) is 17.6. The van der Waals surface area contributed by atoms with E-state index in [1.165, 1.54) is 29.7 Å². The van der Waals surface area contributed by atoms with Crippen LogP contribution >= 0.6 is 0 Å². The molecular weight excluding hydrogens is 338 g/mol. The number of methoxy groups -OCH3 is 2. The molecule has 0 fully saturated rings. The third kappa shape index (κ3) is 3.18. The van der Waals surface area contributed by atoms with Crippen LogP contribution in [0, 0.1) is 0 Å². The molecule has 4 rings (SSSR count). The highest BCUT2D eigenvalue weighted by atomic mass is 16.5. The van der Waals surface area contributed by atoms with Crippen molar-refractivity contribution in [2.45, 2.75) is 32.6 Å². The molecule has 1 aromatic heterocycles. The molecule has 3 aromatic rings. The van der Waals surface area contributed by atoms with Crippen LogP contribution in [0.4, 0.5) is 11.5 Å². The third-order valence-electron chi connectivity index (χ3n) is 5.24. The van der Waals surface area contributed by atoms with Crippen molar-refractivity contribution in [1.82, 2.24) is 9.97 Å². The maximum atomic E-state index is 5.50. The number of nitrogens with zero attached hydrogens (tertiary/aromatic N) is 3. The molecule has 27 heavy (non-hydrogen) atoms. The molecular formula is C22H25N3O2. The number of hydrogen-bond donors (Lipinski definition) is 0. The summed E-state index contributed by atoms with van der Waals surface area (Å²) in [7, 11) is 3.29. The highest BCUT2D eigenvalue weighted by Crippen LogP contribution is 2.40. The lowest BCUT2D eigenvalue weighted by Gasteiger charge is -2.21. The van der Waals surface area contributed by atoms with Gasteiger partial charge in [-0.3, -0.25) is 0 Å². The quantitative estimate of drug-likeness (QED) is 0.636. The smallest absolute Gasteiger partial charge is 0.162 e. The van der Waals surface area contributed by atoms with Gasteiger partial charge in [0.1, 0.15) is 12.1 Å². The van der Waals surface area contributed by atoms with Crippen LogP contribution in [0.3, 0.4) is 0 Å². The summed E-state index contributed by atoms with van der Waals surface area (Å²) in [6.45, 7) is 3.15. The minimum absolute atomic E-state index is 0.679. The Kier molecular flexibility index (Phi) is 4.84. The molecule has 0 bridgehead atoms. The van der Waals surface area contributed by atoms with Crippen LogP contribution in [-0.2, 0) is 12.8 Å². The fourth-order valence-corrected chi connectivity index (χ4v) is 3.77. The summed E-state index contributed by atoms with van der Waals surface area (Å²) >= 11 is 0. The monoisotopic (exact) mass is 363 g/mol. The maximum Gasteiger partial charge on any atom is 0.162 e. The van der Waals surface area contributed by atoms with Crippen molar-refractivity contribution in [2.75, 3.05) is 25.7 Å². The fourth-order valence-electron chi connectivity index (χ4n) is 3.77. The first-order chi connectivity index (χ1) is 13.2. The van der Waals surface area contributed by atoms with Crippen molar-refractivity contribution in [1.29, 1.82) is 0 Å². The molecule has 5 heteroatoms. The average molecular weight is 363 g/mol. The molecule has 0 saturated carbocycles. The lowest BCUT2D eigenvalue weighted by Crippen LogP contribution is -2.15. The molecule has 0 unspecified atom stereocenters. The first-order valence-corrected chi connectivity index (χ1v) is 9.51. The number of hydrogen-bond acceptors (Lipinski definition) is 5. The zero-order valence-corrected chi connectivity index (χ0v) is 16.2. The van der Waals surface area contributed by atoms with Gasteiger partial charge in [-0.2, -0.15) is 0 Å². The Hall–Kier alpha value is -2.82. The second-order valence-electron chi connectivity index (χ2n) is 6.89.